The maximum atomic E-state index is 12.4. The van der Waals surface area contributed by atoms with Crippen LogP contribution in [0.2, 0.25) is 0 Å². The number of thiophene rings is 1. The van der Waals surface area contributed by atoms with Crippen molar-refractivity contribution in [1.29, 1.82) is 0 Å². The molecular formula is C18H19N3O4S. The molecule has 2 N–H and O–H groups in total. The Labute approximate surface area is 154 Å². The monoisotopic (exact) mass is 373 g/mol. The van der Waals surface area contributed by atoms with E-state index < -0.39 is 5.63 Å². The topological polar surface area (TPSA) is 93.5 Å². The van der Waals surface area contributed by atoms with Crippen molar-refractivity contribution in [2.75, 3.05) is 25.5 Å². The Bertz CT molecular complexity index is 966. The van der Waals surface area contributed by atoms with E-state index in [1.807, 2.05) is 30.3 Å². The Morgan fingerprint density at radius 3 is 2.81 bits per heavy atom. The van der Waals surface area contributed by atoms with Gasteiger partial charge < -0.3 is 19.8 Å². The third-order valence-electron chi connectivity index (χ3n) is 3.76. The summed E-state index contributed by atoms with van der Waals surface area (Å²) in [5.41, 5.74) is 0.0929. The molecule has 0 radical (unpaired) electrons. The molecule has 7 nitrogen and oxygen atoms in total. The summed E-state index contributed by atoms with van der Waals surface area (Å²) in [7, 11) is 1.61. The van der Waals surface area contributed by atoms with E-state index in [-0.39, 0.29) is 11.9 Å². The van der Waals surface area contributed by atoms with Crippen LogP contribution in [-0.4, -0.2) is 31.1 Å². The van der Waals surface area contributed by atoms with Crippen LogP contribution in [0, 0.1) is 6.92 Å². The van der Waals surface area contributed by atoms with Gasteiger partial charge in [-0.25, -0.2) is 4.79 Å². The van der Waals surface area contributed by atoms with Crippen molar-refractivity contribution in [2.24, 2.45) is 0 Å². The predicted molar refractivity (Wildman–Crippen MR) is 101 cm³/mol. The second-order valence-electron chi connectivity index (χ2n) is 5.56. The number of aryl methyl sites for hydroxylation is 1. The minimum absolute atomic E-state index is 0.133. The fourth-order valence-electron chi connectivity index (χ4n) is 2.46. The number of nitrogens with zero attached hydrogens (tertiary/aromatic N) is 1. The number of hydrogen-bond donors (Lipinski definition) is 2. The van der Waals surface area contributed by atoms with Gasteiger partial charge in [-0.15, -0.1) is 11.3 Å². The first-order valence-corrected chi connectivity index (χ1v) is 9.00. The molecule has 1 amide bonds. The normalized spacial score (nSPS) is 10.7. The molecule has 136 valence electrons. The maximum Gasteiger partial charge on any atom is 0.349 e. The number of anilines is 1. The maximum absolute atomic E-state index is 12.4. The lowest BCUT2D eigenvalue weighted by Gasteiger charge is -2.07. The van der Waals surface area contributed by atoms with Crippen molar-refractivity contribution in [3.05, 3.63) is 51.2 Å². The molecule has 2 aromatic heterocycles. The van der Waals surface area contributed by atoms with Crippen molar-refractivity contribution in [2.45, 2.75) is 13.3 Å². The summed E-state index contributed by atoms with van der Waals surface area (Å²) in [5, 5.41) is 5.90. The highest BCUT2D eigenvalue weighted by Crippen LogP contribution is 2.27. The lowest BCUT2D eigenvalue weighted by Crippen LogP contribution is -2.25. The van der Waals surface area contributed by atoms with E-state index >= 15 is 0 Å². The number of fused-ring (bicyclic) bond motifs is 1. The number of aromatic nitrogens is 1. The van der Waals surface area contributed by atoms with Crippen molar-refractivity contribution in [3.8, 4) is 5.75 Å². The van der Waals surface area contributed by atoms with Gasteiger partial charge in [0.15, 0.2) is 0 Å². The number of carbonyl (C=O) groups is 1. The van der Waals surface area contributed by atoms with E-state index in [0.717, 1.165) is 5.75 Å². The molecule has 0 aliphatic heterocycles. The van der Waals surface area contributed by atoms with Crippen molar-refractivity contribution >= 4 is 33.5 Å². The molecule has 0 aliphatic carbocycles. The smallest absolute Gasteiger partial charge is 0.349 e. The highest BCUT2D eigenvalue weighted by atomic mass is 32.1. The van der Waals surface area contributed by atoms with Gasteiger partial charge in [0, 0.05) is 13.6 Å². The minimum Gasteiger partial charge on any atom is -0.494 e. The Balaban J connectivity index is 1.60. The fourth-order valence-corrected chi connectivity index (χ4v) is 3.54. The summed E-state index contributed by atoms with van der Waals surface area (Å²) < 4.78 is 10.6. The average molecular weight is 373 g/mol. The molecule has 0 unspecified atom stereocenters. The quantitative estimate of drug-likeness (QED) is 0.619. The summed E-state index contributed by atoms with van der Waals surface area (Å²) in [5.74, 6) is 0.577. The first-order valence-electron chi connectivity index (χ1n) is 8.18. The van der Waals surface area contributed by atoms with Crippen LogP contribution >= 0.6 is 11.3 Å². The highest BCUT2D eigenvalue weighted by molar-refractivity contribution is 7.20. The highest BCUT2D eigenvalue weighted by Gasteiger charge is 2.19. The number of rotatable bonds is 7. The summed E-state index contributed by atoms with van der Waals surface area (Å²) >= 11 is 1.18. The molecule has 0 aliphatic rings. The lowest BCUT2D eigenvalue weighted by molar-refractivity contribution is 0.0955. The standard InChI is InChI=1S/C18H19N3O4S/c1-11-13-16(21-18(19-2)25-17(13)23)26-14(11)15(22)20-9-6-10-24-12-7-4-3-5-8-12/h3-5,7-8H,6,9-10H2,1-2H3,(H,19,21)(H,20,22). The molecule has 0 saturated heterocycles. The zero-order valence-electron chi connectivity index (χ0n) is 14.5. The zero-order chi connectivity index (χ0) is 18.5. The Kier molecular flexibility index (Phi) is 5.52. The first-order chi connectivity index (χ1) is 12.6. The molecule has 0 saturated carbocycles. The van der Waals surface area contributed by atoms with E-state index in [4.69, 9.17) is 9.15 Å². The average Bonchev–Trinajstić information content (AvgIpc) is 2.99. The van der Waals surface area contributed by atoms with Gasteiger partial charge in [0.25, 0.3) is 11.9 Å². The third kappa shape index (κ3) is 3.85. The number of ether oxygens (including phenoxy) is 1. The van der Waals surface area contributed by atoms with Crippen LogP contribution in [0.4, 0.5) is 6.01 Å². The van der Waals surface area contributed by atoms with Crippen molar-refractivity contribution in [1.82, 2.24) is 10.3 Å². The lowest BCUT2D eigenvalue weighted by atomic mass is 10.2. The number of benzene rings is 1. The fraction of sp³-hybridized carbons (Fsp3) is 0.278. The summed E-state index contributed by atoms with van der Waals surface area (Å²) in [6.45, 7) is 2.71. The Hall–Kier alpha value is -2.87. The van der Waals surface area contributed by atoms with Crippen LogP contribution in [0.1, 0.15) is 21.7 Å². The van der Waals surface area contributed by atoms with Crippen LogP contribution in [0.15, 0.2) is 39.5 Å². The number of carbonyl (C=O) groups excluding carboxylic acids is 1. The molecule has 2 heterocycles. The van der Waals surface area contributed by atoms with Gasteiger partial charge in [0.2, 0.25) is 0 Å². The predicted octanol–water partition coefficient (Wildman–Crippen LogP) is 2.80. The van der Waals surface area contributed by atoms with Gasteiger partial charge in [-0.2, -0.15) is 4.98 Å². The molecule has 3 rings (SSSR count). The van der Waals surface area contributed by atoms with Crippen LogP contribution < -0.4 is 21.0 Å². The van der Waals surface area contributed by atoms with Gasteiger partial charge in [-0.3, -0.25) is 4.79 Å². The van der Waals surface area contributed by atoms with Crippen molar-refractivity contribution in [3.63, 3.8) is 0 Å². The summed E-state index contributed by atoms with van der Waals surface area (Å²) in [6.07, 6.45) is 0.675. The second-order valence-corrected chi connectivity index (χ2v) is 6.56. The van der Waals surface area contributed by atoms with Crippen LogP contribution in [0.3, 0.4) is 0 Å². The van der Waals surface area contributed by atoms with Crippen LogP contribution in [0.5, 0.6) is 5.75 Å². The molecule has 0 spiro atoms. The van der Waals surface area contributed by atoms with Crippen LogP contribution in [0.25, 0.3) is 10.2 Å². The SMILES string of the molecule is CNc1nc2sc(C(=O)NCCCOc3ccccc3)c(C)c2c(=O)o1. The van der Waals surface area contributed by atoms with Gasteiger partial charge in [-0.05, 0) is 31.0 Å². The zero-order valence-corrected chi connectivity index (χ0v) is 15.3. The Morgan fingerprint density at radius 1 is 1.31 bits per heavy atom. The molecule has 8 heteroatoms. The minimum atomic E-state index is -0.497. The number of hydrogen-bond acceptors (Lipinski definition) is 7. The molecule has 1 aromatic carbocycles. The first kappa shape index (κ1) is 17.9. The largest absolute Gasteiger partial charge is 0.494 e. The third-order valence-corrected chi connectivity index (χ3v) is 4.95. The number of para-hydroxylation sites is 1. The molecule has 3 aromatic rings. The summed E-state index contributed by atoms with van der Waals surface area (Å²) in [4.78, 5) is 29.6. The van der Waals surface area contributed by atoms with Crippen molar-refractivity contribution < 1.29 is 13.9 Å². The van der Waals surface area contributed by atoms with Crippen LogP contribution in [-0.2, 0) is 0 Å². The molecule has 0 fully saturated rings. The molecular weight excluding hydrogens is 354 g/mol. The molecule has 26 heavy (non-hydrogen) atoms. The van der Waals surface area contributed by atoms with Gasteiger partial charge in [-0.1, -0.05) is 18.2 Å². The summed E-state index contributed by atoms with van der Waals surface area (Å²) in [6, 6.07) is 9.65. The van der Waals surface area contributed by atoms with Gasteiger partial charge in [0.05, 0.1) is 11.5 Å². The molecule has 0 atom stereocenters. The molecule has 0 bridgehead atoms. The Morgan fingerprint density at radius 2 is 2.08 bits per heavy atom. The van der Waals surface area contributed by atoms with E-state index in [1.54, 1.807) is 14.0 Å². The van der Waals surface area contributed by atoms with E-state index in [9.17, 15) is 9.59 Å². The second kappa shape index (κ2) is 8.01. The van der Waals surface area contributed by atoms with E-state index in [0.29, 0.717) is 40.2 Å². The van der Waals surface area contributed by atoms with Gasteiger partial charge in [0.1, 0.15) is 16.0 Å². The number of amides is 1. The van der Waals surface area contributed by atoms with Gasteiger partial charge >= 0.3 is 5.63 Å². The number of nitrogens with one attached hydrogen (secondary N) is 2. The van der Waals surface area contributed by atoms with E-state index in [1.165, 1.54) is 11.3 Å². The van der Waals surface area contributed by atoms with E-state index in [2.05, 4.69) is 15.6 Å².